The molecule has 0 radical (unpaired) electrons. The molecule has 0 aromatic carbocycles. The molecule has 2 aromatic heterocycles. The third kappa shape index (κ3) is 0.911. The second-order valence-electron chi connectivity index (χ2n) is 1.88. The van der Waals surface area contributed by atoms with E-state index < -0.39 is 6.08 Å². The fraction of sp³-hybridized carbons (Fsp3) is 0. The van der Waals surface area contributed by atoms with Crippen LogP contribution >= 0.6 is 11.3 Å². The Labute approximate surface area is 64.9 Å². The monoisotopic (exact) mass is 170 g/mol. The van der Waals surface area contributed by atoms with Crippen molar-refractivity contribution in [3.63, 3.8) is 0 Å². The Balaban J connectivity index is 2.91. The number of halogens is 1. The Hall–Kier alpha value is -1.30. The summed E-state index contributed by atoms with van der Waals surface area (Å²) in [5.74, 6) is 0.0914. The summed E-state index contributed by atoms with van der Waals surface area (Å²) in [6.45, 7) is 0. The summed E-state index contributed by atoms with van der Waals surface area (Å²) in [6.07, 6.45) is -0.806. The Morgan fingerprint density at radius 2 is 2.27 bits per heavy atom. The molecule has 4 nitrogen and oxygen atoms in total. The summed E-state index contributed by atoms with van der Waals surface area (Å²) in [6, 6.07) is 0. The molecule has 2 rings (SSSR count). The van der Waals surface area contributed by atoms with Gasteiger partial charge in [-0.25, -0.2) is 4.98 Å². The molecule has 0 saturated carbocycles. The Bertz CT molecular complexity index is 398. The first-order valence-corrected chi connectivity index (χ1v) is 3.67. The van der Waals surface area contributed by atoms with Gasteiger partial charge in [-0.15, -0.1) is 11.3 Å². The molecule has 6 heteroatoms. The van der Waals surface area contributed by atoms with E-state index in [1.807, 2.05) is 0 Å². The summed E-state index contributed by atoms with van der Waals surface area (Å²) in [5.41, 5.74) is 7.37. The van der Waals surface area contributed by atoms with Crippen LogP contribution in [0.4, 0.5) is 10.2 Å². The molecule has 0 unspecified atom stereocenters. The van der Waals surface area contributed by atoms with Gasteiger partial charge in [0.15, 0.2) is 10.6 Å². The third-order valence-electron chi connectivity index (χ3n) is 1.20. The first-order valence-electron chi connectivity index (χ1n) is 2.79. The highest BCUT2D eigenvalue weighted by molar-refractivity contribution is 7.16. The number of rotatable bonds is 0. The maximum Gasteiger partial charge on any atom is 0.312 e. The molecule has 0 atom stereocenters. The maximum atomic E-state index is 12.5. The summed E-state index contributed by atoms with van der Waals surface area (Å²) in [5, 5.41) is 0. The van der Waals surface area contributed by atoms with Crippen LogP contribution in [0.1, 0.15) is 0 Å². The molecular formula is C5H3FN4S. The summed E-state index contributed by atoms with van der Waals surface area (Å²) in [7, 11) is 0. The minimum absolute atomic E-state index is 0.0914. The van der Waals surface area contributed by atoms with Crippen molar-refractivity contribution in [2.75, 3.05) is 5.73 Å². The van der Waals surface area contributed by atoms with Gasteiger partial charge in [-0.1, -0.05) is 0 Å². The highest BCUT2D eigenvalue weighted by atomic mass is 32.1. The normalized spacial score (nSPS) is 10.6. The molecule has 0 aliphatic heterocycles. The van der Waals surface area contributed by atoms with Crippen molar-refractivity contribution in [2.24, 2.45) is 0 Å². The van der Waals surface area contributed by atoms with Crippen LogP contribution in [-0.2, 0) is 0 Å². The van der Waals surface area contributed by atoms with Gasteiger partial charge in [-0.2, -0.15) is 14.4 Å². The van der Waals surface area contributed by atoms with Crippen molar-refractivity contribution < 1.29 is 4.39 Å². The molecule has 0 bridgehead atoms. The standard InChI is InChI=1S/C5H3FN4S/c6-5-9-3(7)2-4(10-5)11-1-8-2/h1H,(H2,7,9,10). The first-order chi connectivity index (χ1) is 5.27. The van der Waals surface area contributed by atoms with E-state index in [-0.39, 0.29) is 5.82 Å². The predicted octanol–water partition coefficient (Wildman–Crippen LogP) is 0.808. The van der Waals surface area contributed by atoms with Crippen molar-refractivity contribution >= 4 is 27.5 Å². The summed E-state index contributed by atoms with van der Waals surface area (Å²) in [4.78, 5) is 11.2. The van der Waals surface area contributed by atoms with Crippen LogP contribution < -0.4 is 5.73 Å². The van der Waals surface area contributed by atoms with Crippen LogP contribution in [0.2, 0.25) is 0 Å². The zero-order valence-electron chi connectivity index (χ0n) is 5.28. The number of hydrogen-bond donors (Lipinski definition) is 1. The van der Waals surface area contributed by atoms with Gasteiger partial charge in [0.25, 0.3) is 0 Å². The zero-order chi connectivity index (χ0) is 7.84. The van der Waals surface area contributed by atoms with E-state index in [0.717, 1.165) is 0 Å². The van der Waals surface area contributed by atoms with E-state index in [9.17, 15) is 4.39 Å². The zero-order valence-corrected chi connectivity index (χ0v) is 6.10. The van der Waals surface area contributed by atoms with Gasteiger partial charge in [-0.05, 0) is 0 Å². The molecular weight excluding hydrogens is 167 g/mol. The van der Waals surface area contributed by atoms with Crippen LogP contribution in [0.25, 0.3) is 10.3 Å². The van der Waals surface area contributed by atoms with E-state index in [1.165, 1.54) is 11.3 Å². The number of hydrogen-bond acceptors (Lipinski definition) is 5. The second-order valence-corrected chi connectivity index (χ2v) is 2.72. The molecule has 2 heterocycles. The molecule has 0 aliphatic carbocycles. The van der Waals surface area contributed by atoms with E-state index in [4.69, 9.17) is 5.73 Å². The number of fused-ring (bicyclic) bond motifs is 1. The highest BCUT2D eigenvalue weighted by Crippen LogP contribution is 2.18. The molecule has 2 aromatic rings. The maximum absolute atomic E-state index is 12.5. The molecule has 11 heavy (non-hydrogen) atoms. The molecule has 0 aliphatic rings. The van der Waals surface area contributed by atoms with E-state index in [2.05, 4.69) is 15.0 Å². The minimum Gasteiger partial charge on any atom is -0.382 e. The third-order valence-corrected chi connectivity index (χ3v) is 1.92. The number of anilines is 1. The van der Waals surface area contributed by atoms with Crippen molar-refractivity contribution in [3.8, 4) is 0 Å². The number of nitrogen functional groups attached to an aromatic ring is 1. The van der Waals surface area contributed by atoms with E-state index in [1.54, 1.807) is 5.51 Å². The lowest BCUT2D eigenvalue weighted by Gasteiger charge is -1.91. The first kappa shape index (κ1) is 6.41. The summed E-state index contributed by atoms with van der Waals surface area (Å²) < 4.78 is 12.5. The van der Waals surface area contributed by atoms with Gasteiger partial charge in [0.1, 0.15) is 5.52 Å². The average Bonchev–Trinajstić information content (AvgIpc) is 2.34. The number of aromatic nitrogens is 3. The van der Waals surface area contributed by atoms with Crippen LogP contribution in [0, 0.1) is 6.08 Å². The Kier molecular flexibility index (Phi) is 1.22. The lowest BCUT2D eigenvalue weighted by molar-refractivity contribution is 0.547. The van der Waals surface area contributed by atoms with Crippen LogP contribution in [-0.4, -0.2) is 15.0 Å². The second kappa shape index (κ2) is 2.09. The molecule has 0 amide bonds. The van der Waals surface area contributed by atoms with Gasteiger partial charge in [0.05, 0.1) is 5.51 Å². The Morgan fingerprint density at radius 1 is 1.45 bits per heavy atom. The average molecular weight is 170 g/mol. The molecule has 2 N–H and O–H groups in total. The number of thiazole rings is 1. The SMILES string of the molecule is Nc1nc(F)nc2scnc12. The van der Waals surface area contributed by atoms with Crippen molar-refractivity contribution in [2.45, 2.75) is 0 Å². The predicted molar refractivity (Wildman–Crippen MR) is 39.6 cm³/mol. The molecule has 56 valence electrons. The molecule has 0 fully saturated rings. The van der Waals surface area contributed by atoms with E-state index >= 15 is 0 Å². The van der Waals surface area contributed by atoms with Gasteiger partial charge in [0, 0.05) is 0 Å². The quantitative estimate of drug-likeness (QED) is 0.594. The lowest BCUT2D eigenvalue weighted by atomic mass is 10.5. The number of nitrogens with two attached hydrogens (primary N) is 1. The smallest absolute Gasteiger partial charge is 0.312 e. The topological polar surface area (TPSA) is 64.7 Å². The van der Waals surface area contributed by atoms with Gasteiger partial charge in [0.2, 0.25) is 0 Å². The number of nitrogens with zero attached hydrogens (tertiary/aromatic N) is 3. The fourth-order valence-corrected chi connectivity index (χ4v) is 1.41. The van der Waals surface area contributed by atoms with Crippen LogP contribution in [0.3, 0.4) is 0 Å². The minimum atomic E-state index is -0.806. The fourth-order valence-electron chi connectivity index (χ4n) is 0.756. The van der Waals surface area contributed by atoms with E-state index in [0.29, 0.717) is 10.3 Å². The Morgan fingerprint density at radius 3 is 3.09 bits per heavy atom. The molecule has 0 spiro atoms. The lowest BCUT2D eigenvalue weighted by Crippen LogP contribution is -1.96. The summed E-state index contributed by atoms with van der Waals surface area (Å²) >= 11 is 1.23. The van der Waals surface area contributed by atoms with Gasteiger partial charge in [-0.3, -0.25) is 0 Å². The van der Waals surface area contributed by atoms with Crippen molar-refractivity contribution in [3.05, 3.63) is 11.6 Å². The van der Waals surface area contributed by atoms with Crippen LogP contribution in [0.15, 0.2) is 5.51 Å². The van der Waals surface area contributed by atoms with Gasteiger partial charge >= 0.3 is 6.08 Å². The van der Waals surface area contributed by atoms with Crippen LogP contribution in [0.5, 0.6) is 0 Å². The highest BCUT2D eigenvalue weighted by Gasteiger charge is 2.05. The molecule has 0 saturated heterocycles. The van der Waals surface area contributed by atoms with Crippen molar-refractivity contribution in [1.29, 1.82) is 0 Å². The largest absolute Gasteiger partial charge is 0.382 e. The van der Waals surface area contributed by atoms with Crippen molar-refractivity contribution in [1.82, 2.24) is 15.0 Å². The van der Waals surface area contributed by atoms with Gasteiger partial charge < -0.3 is 5.73 Å².